The number of sulfonamides is 1. The molecule has 21 heavy (non-hydrogen) atoms. The molecule has 0 bridgehead atoms. The molecule has 6 heteroatoms. The summed E-state index contributed by atoms with van der Waals surface area (Å²) in [6.45, 7) is 3.71. The molecule has 0 radical (unpaired) electrons. The van der Waals surface area contributed by atoms with E-state index in [1.165, 1.54) is 0 Å². The Morgan fingerprint density at radius 2 is 1.90 bits per heavy atom. The van der Waals surface area contributed by atoms with Crippen molar-refractivity contribution in [3.05, 3.63) is 29.8 Å². The number of piperidine rings is 1. The Balaban J connectivity index is 2.01. The zero-order chi connectivity index (χ0) is 15.3. The van der Waals surface area contributed by atoms with E-state index in [0.717, 1.165) is 31.5 Å². The van der Waals surface area contributed by atoms with Crippen molar-refractivity contribution in [1.82, 2.24) is 5.32 Å². The molecule has 5 nitrogen and oxygen atoms in total. The van der Waals surface area contributed by atoms with Crippen LogP contribution in [0.5, 0.6) is 0 Å². The van der Waals surface area contributed by atoms with Gasteiger partial charge in [-0.25, -0.2) is 8.42 Å². The van der Waals surface area contributed by atoms with E-state index in [0.29, 0.717) is 12.1 Å². The molecule has 2 rings (SSSR count). The molecule has 0 aromatic heterocycles. The highest BCUT2D eigenvalue weighted by molar-refractivity contribution is 7.92. The molecule has 1 fully saturated rings. The Morgan fingerprint density at radius 3 is 2.48 bits per heavy atom. The summed E-state index contributed by atoms with van der Waals surface area (Å²) in [7, 11) is -3.26. The van der Waals surface area contributed by atoms with Gasteiger partial charge in [0.05, 0.1) is 11.9 Å². The summed E-state index contributed by atoms with van der Waals surface area (Å²) in [5, 5.41) is 13.7. The Labute approximate surface area is 126 Å². The van der Waals surface area contributed by atoms with Gasteiger partial charge in [-0.1, -0.05) is 19.1 Å². The lowest BCUT2D eigenvalue weighted by molar-refractivity contribution is 0.0889. The molecule has 1 saturated heterocycles. The van der Waals surface area contributed by atoms with Crippen molar-refractivity contribution in [1.29, 1.82) is 0 Å². The second-order valence-electron chi connectivity index (χ2n) is 5.58. The zero-order valence-corrected chi connectivity index (χ0v) is 13.2. The maximum Gasteiger partial charge on any atom is 0.232 e. The minimum absolute atomic E-state index is 0.118. The van der Waals surface area contributed by atoms with Gasteiger partial charge in [-0.15, -0.1) is 0 Å². The summed E-state index contributed by atoms with van der Waals surface area (Å²) in [5.41, 5.74) is 1.39. The Hall–Kier alpha value is -1.11. The summed E-state index contributed by atoms with van der Waals surface area (Å²) >= 11 is 0. The van der Waals surface area contributed by atoms with Crippen molar-refractivity contribution in [3.63, 3.8) is 0 Å². The first-order chi connectivity index (χ1) is 10.0. The van der Waals surface area contributed by atoms with Crippen LogP contribution in [-0.4, -0.2) is 32.4 Å². The van der Waals surface area contributed by atoms with E-state index >= 15 is 0 Å². The van der Waals surface area contributed by atoms with Crippen LogP contribution in [0.25, 0.3) is 0 Å². The van der Waals surface area contributed by atoms with Crippen LogP contribution in [0.1, 0.15) is 37.9 Å². The summed E-state index contributed by atoms with van der Waals surface area (Å²) in [6, 6.07) is 7.03. The predicted molar refractivity (Wildman–Crippen MR) is 84.7 cm³/mol. The van der Waals surface area contributed by atoms with Crippen molar-refractivity contribution >= 4 is 15.7 Å². The maximum atomic E-state index is 11.7. The molecule has 0 spiro atoms. The molecule has 118 valence electrons. The highest BCUT2D eigenvalue weighted by Crippen LogP contribution is 2.29. The average molecular weight is 312 g/mol. The van der Waals surface area contributed by atoms with Gasteiger partial charge in [-0.05, 0) is 56.0 Å². The molecule has 1 aliphatic heterocycles. The monoisotopic (exact) mass is 312 g/mol. The Morgan fingerprint density at radius 1 is 1.29 bits per heavy atom. The second-order valence-corrected chi connectivity index (χ2v) is 7.42. The highest BCUT2D eigenvalue weighted by atomic mass is 32.2. The minimum Gasteiger partial charge on any atom is -0.388 e. The normalized spacial score (nSPS) is 18.4. The van der Waals surface area contributed by atoms with E-state index in [9.17, 15) is 13.5 Å². The molecule has 1 heterocycles. The standard InChI is InChI=1S/C15H24N2O3S/c1-2-11-21(19,20)17-14-5-3-12(4-6-14)15(18)13-7-9-16-10-8-13/h3-6,13,15-18H,2,7-11H2,1H3. The summed E-state index contributed by atoms with van der Waals surface area (Å²) in [4.78, 5) is 0. The molecule has 3 N–H and O–H groups in total. The summed E-state index contributed by atoms with van der Waals surface area (Å²) < 4.78 is 25.9. The van der Waals surface area contributed by atoms with Crippen molar-refractivity contribution < 1.29 is 13.5 Å². The van der Waals surface area contributed by atoms with Gasteiger partial charge in [0.15, 0.2) is 0 Å². The van der Waals surface area contributed by atoms with E-state index in [2.05, 4.69) is 10.0 Å². The minimum atomic E-state index is -3.26. The van der Waals surface area contributed by atoms with Crippen LogP contribution >= 0.6 is 0 Å². The van der Waals surface area contributed by atoms with E-state index < -0.39 is 16.1 Å². The Kier molecular flexibility index (Phi) is 5.61. The SMILES string of the molecule is CCCS(=O)(=O)Nc1ccc(C(O)C2CCNCC2)cc1. The third kappa shape index (κ3) is 4.69. The van der Waals surface area contributed by atoms with Gasteiger partial charge >= 0.3 is 0 Å². The van der Waals surface area contributed by atoms with Crippen LogP contribution in [0.4, 0.5) is 5.69 Å². The number of benzene rings is 1. The fourth-order valence-corrected chi connectivity index (χ4v) is 3.81. The third-order valence-electron chi connectivity index (χ3n) is 3.83. The fraction of sp³-hybridized carbons (Fsp3) is 0.600. The fourth-order valence-electron chi connectivity index (χ4n) is 2.68. The molecular formula is C15H24N2O3S. The second kappa shape index (κ2) is 7.24. The Bertz CT molecular complexity index is 537. The highest BCUT2D eigenvalue weighted by Gasteiger charge is 2.22. The molecule has 1 aromatic rings. The number of rotatable bonds is 6. The topological polar surface area (TPSA) is 78.4 Å². The number of anilines is 1. The van der Waals surface area contributed by atoms with Gasteiger partial charge in [0, 0.05) is 5.69 Å². The van der Waals surface area contributed by atoms with Gasteiger partial charge in [0.2, 0.25) is 10.0 Å². The summed E-state index contributed by atoms with van der Waals surface area (Å²) in [6.07, 6.45) is 2.04. The first-order valence-corrected chi connectivity index (χ1v) is 9.16. The predicted octanol–water partition coefficient (Wildman–Crippen LogP) is 1.87. The molecule has 0 saturated carbocycles. The van der Waals surface area contributed by atoms with Gasteiger partial charge in [-0.3, -0.25) is 4.72 Å². The first-order valence-electron chi connectivity index (χ1n) is 7.51. The quantitative estimate of drug-likeness (QED) is 0.749. The van der Waals surface area contributed by atoms with Gasteiger partial charge in [0.1, 0.15) is 0 Å². The van der Waals surface area contributed by atoms with E-state index in [-0.39, 0.29) is 11.7 Å². The van der Waals surface area contributed by atoms with Crippen LogP contribution in [0.3, 0.4) is 0 Å². The molecule has 1 unspecified atom stereocenters. The van der Waals surface area contributed by atoms with Crippen molar-refractivity contribution in [2.45, 2.75) is 32.3 Å². The third-order valence-corrected chi connectivity index (χ3v) is 5.32. The van der Waals surface area contributed by atoms with E-state index in [1.54, 1.807) is 24.3 Å². The van der Waals surface area contributed by atoms with E-state index in [4.69, 9.17) is 0 Å². The molecule has 1 aliphatic rings. The van der Waals surface area contributed by atoms with Crippen molar-refractivity contribution in [2.24, 2.45) is 5.92 Å². The lowest BCUT2D eigenvalue weighted by Crippen LogP contribution is -2.30. The van der Waals surface area contributed by atoms with Crippen molar-refractivity contribution in [2.75, 3.05) is 23.6 Å². The molecular weight excluding hydrogens is 288 g/mol. The lowest BCUT2D eigenvalue weighted by atomic mass is 9.88. The zero-order valence-electron chi connectivity index (χ0n) is 12.4. The van der Waals surface area contributed by atoms with Gasteiger partial charge < -0.3 is 10.4 Å². The largest absolute Gasteiger partial charge is 0.388 e. The van der Waals surface area contributed by atoms with Crippen LogP contribution in [0, 0.1) is 5.92 Å². The first kappa shape index (κ1) is 16.3. The number of hydrogen-bond acceptors (Lipinski definition) is 4. The lowest BCUT2D eigenvalue weighted by Gasteiger charge is -2.27. The van der Waals surface area contributed by atoms with Crippen LogP contribution in [-0.2, 0) is 10.0 Å². The molecule has 1 aromatic carbocycles. The number of nitrogens with one attached hydrogen (secondary N) is 2. The van der Waals surface area contributed by atoms with Crippen LogP contribution < -0.4 is 10.0 Å². The smallest absolute Gasteiger partial charge is 0.232 e. The summed E-state index contributed by atoms with van der Waals surface area (Å²) in [5.74, 6) is 0.390. The maximum absolute atomic E-state index is 11.7. The van der Waals surface area contributed by atoms with Crippen molar-refractivity contribution in [3.8, 4) is 0 Å². The molecule has 0 amide bonds. The number of aliphatic hydroxyl groups excluding tert-OH is 1. The number of hydrogen-bond donors (Lipinski definition) is 3. The van der Waals surface area contributed by atoms with Crippen LogP contribution in [0.2, 0.25) is 0 Å². The van der Waals surface area contributed by atoms with Gasteiger partial charge in [-0.2, -0.15) is 0 Å². The van der Waals surface area contributed by atoms with E-state index in [1.807, 2.05) is 6.92 Å². The molecule has 0 aliphatic carbocycles. The average Bonchev–Trinajstić information content (AvgIpc) is 2.48. The number of aliphatic hydroxyl groups is 1. The van der Waals surface area contributed by atoms with Gasteiger partial charge in [0.25, 0.3) is 0 Å². The molecule has 1 atom stereocenters. The van der Waals surface area contributed by atoms with Crippen LogP contribution in [0.15, 0.2) is 24.3 Å².